The van der Waals surface area contributed by atoms with Crippen molar-refractivity contribution in [3.05, 3.63) is 70.0 Å². The molecule has 0 amide bonds. The van der Waals surface area contributed by atoms with Crippen molar-refractivity contribution in [3.63, 3.8) is 0 Å². The van der Waals surface area contributed by atoms with Crippen molar-refractivity contribution < 1.29 is 13.2 Å². The van der Waals surface area contributed by atoms with Crippen molar-refractivity contribution in [2.75, 3.05) is 6.61 Å². The van der Waals surface area contributed by atoms with Gasteiger partial charge in [0.15, 0.2) is 0 Å². The molecule has 29 heavy (non-hydrogen) atoms. The molecule has 3 rings (SSSR count). The van der Waals surface area contributed by atoms with Crippen molar-refractivity contribution in [1.29, 1.82) is 0 Å². The van der Waals surface area contributed by atoms with Crippen LogP contribution >= 0.6 is 23.2 Å². The van der Waals surface area contributed by atoms with Crippen LogP contribution in [0, 0.1) is 6.92 Å². The van der Waals surface area contributed by atoms with E-state index < -0.39 is 10.0 Å². The van der Waals surface area contributed by atoms with E-state index in [1.54, 1.807) is 43.3 Å². The zero-order valence-electron chi connectivity index (χ0n) is 15.6. The Bertz CT molecular complexity index is 1140. The molecule has 1 aromatic heterocycles. The van der Waals surface area contributed by atoms with Crippen LogP contribution in [0.15, 0.2) is 58.5 Å². The average Bonchev–Trinajstić information content (AvgIpc) is 2.97. The maximum Gasteiger partial charge on any atom is 0.276 e. The van der Waals surface area contributed by atoms with Gasteiger partial charge in [0, 0.05) is 5.02 Å². The number of nitrogens with zero attached hydrogens (tertiary/aromatic N) is 3. The summed E-state index contributed by atoms with van der Waals surface area (Å²) in [5, 5.41) is 9.03. The Labute approximate surface area is 179 Å². The number of halogens is 2. The van der Waals surface area contributed by atoms with Crippen molar-refractivity contribution >= 4 is 39.4 Å². The molecule has 0 saturated heterocycles. The van der Waals surface area contributed by atoms with Crippen LogP contribution in [0.3, 0.4) is 0 Å². The number of ether oxygens (including phenoxy) is 1. The van der Waals surface area contributed by atoms with E-state index in [1.165, 1.54) is 23.0 Å². The monoisotopic (exact) mass is 452 g/mol. The Morgan fingerprint density at radius 1 is 1.21 bits per heavy atom. The number of rotatable bonds is 7. The smallest absolute Gasteiger partial charge is 0.276 e. The summed E-state index contributed by atoms with van der Waals surface area (Å²) in [4.78, 5) is 2.24. The number of hydrazone groups is 1. The molecular weight excluding hydrogens is 435 g/mol. The maximum absolute atomic E-state index is 12.4. The van der Waals surface area contributed by atoms with Crippen LogP contribution in [0.5, 0.6) is 5.75 Å². The summed E-state index contributed by atoms with van der Waals surface area (Å²) in [6.07, 6.45) is 1.32. The predicted molar refractivity (Wildman–Crippen MR) is 114 cm³/mol. The topological polar surface area (TPSA) is 85.6 Å². The lowest BCUT2D eigenvalue weighted by Gasteiger charge is -2.06. The third-order valence-electron chi connectivity index (χ3n) is 3.91. The predicted octanol–water partition coefficient (Wildman–Crippen LogP) is 4.20. The lowest BCUT2D eigenvalue weighted by molar-refractivity contribution is 0.340. The number of aryl methyl sites for hydroxylation is 1. The number of hydrogen-bond donors (Lipinski definition) is 1. The minimum absolute atomic E-state index is 0.0653. The van der Waals surface area contributed by atoms with Crippen LogP contribution in [0.2, 0.25) is 10.2 Å². The first-order valence-electron chi connectivity index (χ1n) is 8.60. The van der Waals surface area contributed by atoms with E-state index in [0.29, 0.717) is 34.3 Å². The summed E-state index contributed by atoms with van der Waals surface area (Å²) < 4.78 is 31.6. The van der Waals surface area contributed by atoms with Gasteiger partial charge in [-0.05, 0) is 56.3 Å². The van der Waals surface area contributed by atoms with Crippen molar-refractivity contribution in [2.24, 2.45) is 5.10 Å². The van der Waals surface area contributed by atoms with Crippen LogP contribution in [-0.4, -0.2) is 31.0 Å². The highest BCUT2D eigenvalue weighted by atomic mass is 35.5. The second kappa shape index (κ2) is 8.86. The van der Waals surface area contributed by atoms with Gasteiger partial charge in [-0.25, -0.2) is 9.51 Å². The lowest BCUT2D eigenvalue weighted by Crippen LogP contribution is -2.18. The largest absolute Gasteiger partial charge is 0.494 e. The van der Waals surface area contributed by atoms with E-state index in [9.17, 15) is 8.42 Å². The molecule has 0 unspecified atom stereocenters. The molecule has 0 radical (unpaired) electrons. The van der Waals surface area contributed by atoms with E-state index in [1.807, 2.05) is 6.92 Å². The number of sulfonamides is 1. The summed E-state index contributed by atoms with van der Waals surface area (Å²) >= 11 is 12.4. The molecule has 10 heteroatoms. The minimum atomic E-state index is -3.83. The minimum Gasteiger partial charge on any atom is -0.494 e. The number of nitrogens with one attached hydrogen (secondary N) is 1. The lowest BCUT2D eigenvalue weighted by atomic mass is 10.3. The highest BCUT2D eigenvalue weighted by Crippen LogP contribution is 2.24. The van der Waals surface area contributed by atoms with Gasteiger partial charge in [-0.15, -0.1) is 0 Å². The number of aromatic nitrogens is 2. The van der Waals surface area contributed by atoms with Crippen LogP contribution < -0.4 is 9.57 Å². The Hall–Kier alpha value is -2.55. The van der Waals surface area contributed by atoms with Gasteiger partial charge < -0.3 is 4.74 Å². The molecule has 1 N–H and O–H groups in total. The Kier molecular flexibility index (Phi) is 6.46. The zero-order valence-corrected chi connectivity index (χ0v) is 18.0. The van der Waals surface area contributed by atoms with E-state index in [2.05, 4.69) is 15.0 Å². The van der Waals surface area contributed by atoms with Gasteiger partial charge in [0.25, 0.3) is 10.0 Å². The molecule has 152 valence electrons. The fraction of sp³-hybridized carbons (Fsp3) is 0.158. The van der Waals surface area contributed by atoms with Gasteiger partial charge in [-0.1, -0.05) is 29.3 Å². The second-order valence-electron chi connectivity index (χ2n) is 5.94. The molecule has 0 aliphatic rings. The molecule has 7 nitrogen and oxygen atoms in total. The summed E-state index contributed by atoms with van der Waals surface area (Å²) in [6, 6.07) is 13.1. The standard InChI is InChI=1S/C19H18Cl2N4O3S/c1-3-28-16-7-9-17(10-8-16)29(26,27)24-22-12-18-13(2)23-25(19(18)21)15-6-4-5-14(20)11-15/h4-12,24H,3H2,1-2H3/b22-12+. The van der Waals surface area contributed by atoms with Crippen LogP contribution in [0.4, 0.5) is 0 Å². The summed E-state index contributed by atoms with van der Waals surface area (Å²) in [6.45, 7) is 4.09. The summed E-state index contributed by atoms with van der Waals surface area (Å²) in [7, 11) is -3.83. The van der Waals surface area contributed by atoms with Gasteiger partial charge in [-0.3, -0.25) is 0 Å². The molecule has 1 heterocycles. The first kappa shape index (κ1) is 21.2. The van der Waals surface area contributed by atoms with E-state index in [0.717, 1.165) is 0 Å². The first-order valence-corrected chi connectivity index (χ1v) is 10.8. The van der Waals surface area contributed by atoms with Gasteiger partial charge in [0.1, 0.15) is 10.9 Å². The van der Waals surface area contributed by atoms with Crippen LogP contribution in [0.1, 0.15) is 18.2 Å². The second-order valence-corrected chi connectivity index (χ2v) is 8.39. The van der Waals surface area contributed by atoms with Gasteiger partial charge in [0.05, 0.1) is 34.7 Å². The van der Waals surface area contributed by atoms with Gasteiger partial charge in [0.2, 0.25) is 0 Å². The van der Waals surface area contributed by atoms with Crippen LogP contribution in [-0.2, 0) is 10.0 Å². The maximum atomic E-state index is 12.4. The number of benzene rings is 2. The third kappa shape index (κ3) is 4.90. The highest BCUT2D eigenvalue weighted by molar-refractivity contribution is 7.89. The third-order valence-corrected chi connectivity index (χ3v) is 5.75. The van der Waals surface area contributed by atoms with E-state index in [-0.39, 0.29) is 10.0 Å². The Morgan fingerprint density at radius 2 is 1.93 bits per heavy atom. The van der Waals surface area contributed by atoms with E-state index in [4.69, 9.17) is 27.9 Å². The van der Waals surface area contributed by atoms with E-state index >= 15 is 0 Å². The van der Waals surface area contributed by atoms with Crippen molar-refractivity contribution in [3.8, 4) is 11.4 Å². The van der Waals surface area contributed by atoms with Crippen LogP contribution in [0.25, 0.3) is 5.69 Å². The first-order chi connectivity index (χ1) is 13.8. The molecule has 0 spiro atoms. The van der Waals surface area contributed by atoms with Gasteiger partial charge in [-0.2, -0.15) is 18.6 Å². The summed E-state index contributed by atoms with van der Waals surface area (Å²) in [5.41, 5.74) is 1.75. The molecule has 0 aliphatic heterocycles. The quantitative estimate of drug-likeness (QED) is 0.429. The zero-order chi connectivity index (χ0) is 21.0. The molecular formula is C19H18Cl2N4O3S. The van der Waals surface area contributed by atoms with Crippen molar-refractivity contribution in [2.45, 2.75) is 18.7 Å². The molecule has 2 aromatic carbocycles. The van der Waals surface area contributed by atoms with Gasteiger partial charge >= 0.3 is 0 Å². The SMILES string of the molecule is CCOc1ccc(S(=O)(=O)N/N=C/c2c(C)nn(-c3cccc(Cl)c3)c2Cl)cc1. The molecule has 0 bridgehead atoms. The van der Waals surface area contributed by atoms with Crippen molar-refractivity contribution in [1.82, 2.24) is 14.6 Å². The molecule has 0 atom stereocenters. The molecule has 0 saturated carbocycles. The number of hydrogen-bond acceptors (Lipinski definition) is 5. The Balaban J connectivity index is 1.79. The highest BCUT2D eigenvalue weighted by Gasteiger charge is 2.15. The normalized spacial score (nSPS) is 11.7. The molecule has 0 aliphatic carbocycles. The molecule has 0 fully saturated rings. The Morgan fingerprint density at radius 3 is 2.59 bits per heavy atom. The molecule has 3 aromatic rings. The fourth-order valence-electron chi connectivity index (χ4n) is 2.53. The summed E-state index contributed by atoms with van der Waals surface area (Å²) in [5.74, 6) is 0.589. The average molecular weight is 453 g/mol. The fourth-order valence-corrected chi connectivity index (χ4v) is 3.83.